The number of hydrogen-bond acceptors (Lipinski definition) is 6. The van der Waals surface area contributed by atoms with E-state index in [-0.39, 0.29) is 28.7 Å². The first-order valence-corrected chi connectivity index (χ1v) is 17.8. The van der Waals surface area contributed by atoms with Crippen LogP contribution in [0.4, 0.5) is 18.0 Å². The molecule has 0 aliphatic rings. The fourth-order valence-electron chi connectivity index (χ4n) is 5.87. The molecule has 15 heteroatoms. The second kappa shape index (κ2) is 16.4. The van der Waals surface area contributed by atoms with Crippen molar-refractivity contribution in [1.82, 2.24) is 34.0 Å². The van der Waals surface area contributed by atoms with E-state index in [1.54, 1.807) is 35.2 Å². The monoisotopic (exact) mass is 824 g/mol. The molecule has 5 rings (SSSR count). The lowest BCUT2D eigenvalue weighted by Crippen LogP contribution is -2.51. The number of likely N-dealkylation sites (N-methyl/N-ethyl adjacent to an activating group) is 1. The Morgan fingerprint density at radius 1 is 0.981 bits per heavy atom. The summed E-state index contributed by atoms with van der Waals surface area (Å²) >= 11 is 2.18. The summed E-state index contributed by atoms with van der Waals surface area (Å²) in [6.07, 6.45) is -3.23. The number of rotatable bonds is 12. The minimum Gasteiger partial charge on any atom is -0.339 e. The summed E-state index contributed by atoms with van der Waals surface area (Å²) in [4.78, 5) is 45.8. The zero-order valence-corrected chi connectivity index (χ0v) is 30.8. The quantitative estimate of drug-likeness (QED) is 0.121. The van der Waals surface area contributed by atoms with Crippen molar-refractivity contribution in [1.29, 1.82) is 5.26 Å². The number of nitriles is 1. The normalized spacial score (nSPS) is 12.1. The molecule has 52 heavy (non-hydrogen) atoms. The van der Waals surface area contributed by atoms with Crippen LogP contribution >= 0.6 is 22.6 Å². The van der Waals surface area contributed by atoms with Crippen molar-refractivity contribution in [2.75, 3.05) is 31.1 Å². The van der Waals surface area contributed by atoms with E-state index >= 15 is 0 Å². The van der Waals surface area contributed by atoms with Gasteiger partial charge in [0.25, 0.3) is 0 Å². The minimum atomic E-state index is -4.68. The number of hydrogen-bond donors (Lipinski definition) is 1. The van der Waals surface area contributed by atoms with E-state index in [2.05, 4.69) is 37.9 Å². The van der Waals surface area contributed by atoms with Gasteiger partial charge >= 0.3 is 17.9 Å². The molecule has 0 unspecified atom stereocenters. The maximum absolute atomic E-state index is 14.2. The van der Waals surface area contributed by atoms with Gasteiger partial charge in [-0.15, -0.1) is 0 Å². The van der Waals surface area contributed by atoms with Crippen LogP contribution in [-0.4, -0.2) is 77.8 Å². The second-order valence-electron chi connectivity index (χ2n) is 12.1. The maximum Gasteiger partial charge on any atom is 0.416 e. The number of amides is 2. The number of nitrogens with zero attached hydrogens (tertiary/aromatic N) is 7. The average molecular weight is 825 g/mol. The Balaban J connectivity index is 1.50. The first kappa shape index (κ1) is 38.0. The van der Waals surface area contributed by atoms with E-state index in [1.165, 1.54) is 36.9 Å². The number of halogens is 4. The van der Waals surface area contributed by atoms with Gasteiger partial charge in [-0.1, -0.05) is 59.0 Å². The summed E-state index contributed by atoms with van der Waals surface area (Å²) in [5.41, 5.74) is 0.489. The SMILES string of the molecule is Cc1c(-c2ccnn2-c2ccc(C#N)cc2)n(C(=O)N[C@@H](C)C(=O)N(CCI)CCN(C)Cc2ccccc2)c(=O)n1-c1cccc(C(F)(F)F)c1. The third-order valence-corrected chi connectivity index (χ3v) is 8.95. The van der Waals surface area contributed by atoms with Crippen LogP contribution in [0, 0.1) is 18.3 Å². The van der Waals surface area contributed by atoms with Gasteiger partial charge in [-0.25, -0.2) is 18.8 Å². The molecule has 3 aromatic carbocycles. The summed E-state index contributed by atoms with van der Waals surface area (Å²) in [6.45, 7) is 5.12. The van der Waals surface area contributed by atoms with Crippen molar-refractivity contribution < 1.29 is 22.8 Å². The Morgan fingerprint density at radius 3 is 2.35 bits per heavy atom. The number of alkyl halides is 4. The molecule has 1 N–H and O–H groups in total. The zero-order chi connectivity index (χ0) is 37.6. The van der Waals surface area contributed by atoms with Crippen molar-refractivity contribution in [3.05, 3.63) is 124 Å². The highest BCUT2D eigenvalue weighted by Gasteiger charge is 2.33. The molecule has 0 fully saturated rings. The van der Waals surface area contributed by atoms with Crippen molar-refractivity contribution >= 4 is 34.5 Å². The van der Waals surface area contributed by atoms with Crippen LogP contribution in [0.2, 0.25) is 0 Å². The van der Waals surface area contributed by atoms with Crippen LogP contribution < -0.4 is 11.0 Å². The van der Waals surface area contributed by atoms with Gasteiger partial charge in [-0.05, 0) is 75.0 Å². The molecule has 0 spiro atoms. The molecule has 1 atom stereocenters. The number of benzene rings is 3. The first-order valence-electron chi connectivity index (χ1n) is 16.3. The van der Waals surface area contributed by atoms with Crippen LogP contribution in [-0.2, 0) is 17.5 Å². The van der Waals surface area contributed by atoms with Gasteiger partial charge in [0.05, 0.1) is 46.2 Å². The molecule has 5 aromatic rings. The Kier molecular flexibility index (Phi) is 12.0. The molecule has 2 aromatic heterocycles. The van der Waals surface area contributed by atoms with E-state index in [9.17, 15) is 32.8 Å². The Bertz CT molecular complexity index is 2140. The number of carbonyl (C=O) groups excluding carboxylic acids is 2. The van der Waals surface area contributed by atoms with Crippen LogP contribution in [0.3, 0.4) is 0 Å². The molecule has 0 saturated heterocycles. The molecule has 0 radical (unpaired) electrons. The van der Waals surface area contributed by atoms with E-state index in [0.717, 1.165) is 26.8 Å². The van der Waals surface area contributed by atoms with E-state index in [0.29, 0.717) is 41.9 Å². The molecule has 2 amide bonds. The van der Waals surface area contributed by atoms with Crippen LogP contribution in [0.5, 0.6) is 0 Å². The average Bonchev–Trinajstić information content (AvgIpc) is 3.71. The highest BCUT2D eigenvalue weighted by Crippen LogP contribution is 2.32. The maximum atomic E-state index is 14.2. The van der Waals surface area contributed by atoms with Gasteiger partial charge in [0, 0.05) is 30.6 Å². The molecular weight excluding hydrogens is 788 g/mol. The van der Waals surface area contributed by atoms with Crippen molar-refractivity contribution in [2.24, 2.45) is 0 Å². The Labute approximate surface area is 312 Å². The van der Waals surface area contributed by atoms with Crippen LogP contribution in [0.15, 0.2) is 95.9 Å². The summed E-state index contributed by atoms with van der Waals surface area (Å²) in [7, 11) is 1.96. The van der Waals surface area contributed by atoms with Gasteiger partial charge in [-0.3, -0.25) is 9.36 Å². The summed E-state index contributed by atoms with van der Waals surface area (Å²) in [5.74, 6) is -0.357. The van der Waals surface area contributed by atoms with Crippen LogP contribution in [0.1, 0.15) is 29.3 Å². The van der Waals surface area contributed by atoms with Crippen LogP contribution in [0.25, 0.3) is 22.8 Å². The number of carbonyl (C=O) groups is 2. The molecule has 270 valence electrons. The number of nitrogens with one attached hydrogen (secondary N) is 1. The molecule has 11 nitrogen and oxygen atoms in total. The predicted octanol–water partition coefficient (Wildman–Crippen LogP) is 6.03. The van der Waals surface area contributed by atoms with Crippen molar-refractivity contribution in [3.63, 3.8) is 0 Å². The Hall–Kier alpha value is -5.21. The summed E-state index contributed by atoms with van der Waals surface area (Å²) in [5, 5.41) is 16.3. The highest BCUT2D eigenvalue weighted by atomic mass is 127. The third kappa shape index (κ3) is 8.45. The molecule has 0 aliphatic heterocycles. The van der Waals surface area contributed by atoms with Crippen molar-refractivity contribution in [3.8, 4) is 28.8 Å². The smallest absolute Gasteiger partial charge is 0.339 e. The standard InChI is InChI=1S/C37H36F3IN8O3/c1-25(34(50)46(19-17-41)21-20-45(3)24-28-8-5-4-6-9-28)44-35(51)48-33(32-16-18-43-49(32)30-14-12-27(23-42)13-15-30)26(2)47(36(48)52)31-11-7-10-29(22-31)37(38,39)40/h4-16,18,22,25H,17,19-21,24H2,1-3H3,(H,44,51)/t25-/m0/s1. The van der Waals surface area contributed by atoms with E-state index < -0.39 is 29.5 Å². The Morgan fingerprint density at radius 2 is 1.69 bits per heavy atom. The van der Waals surface area contributed by atoms with Gasteiger partial charge in [-0.2, -0.15) is 23.5 Å². The summed E-state index contributed by atoms with van der Waals surface area (Å²) in [6, 6.07) is 22.2. The molecule has 0 bridgehead atoms. The summed E-state index contributed by atoms with van der Waals surface area (Å²) < 4.78 is 45.1. The predicted molar refractivity (Wildman–Crippen MR) is 199 cm³/mol. The zero-order valence-electron chi connectivity index (χ0n) is 28.6. The second-order valence-corrected chi connectivity index (χ2v) is 13.2. The van der Waals surface area contributed by atoms with Gasteiger partial charge in [0.2, 0.25) is 5.91 Å². The van der Waals surface area contributed by atoms with E-state index in [4.69, 9.17) is 0 Å². The molecular formula is C37H36F3IN8O3. The lowest BCUT2D eigenvalue weighted by Gasteiger charge is -2.28. The third-order valence-electron chi connectivity index (χ3n) is 8.47. The van der Waals surface area contributed by atoms with Gasteiger partial charge in [0.15, 0.2) is 0 Å². The van der Waals surface area contributed by atoms with Gasteiger partial charge in [0.1, 0.15) is 11.7 Å². The van der Waals surface area contributed by atoms with Crippen molar-refractivity contribution in [2.45, 2.75) is 32.6 Å². The minimum absolute atomic E-state index is 0.0491. The lowest BCUT2D eigenvalue weighted by atomic mass is 10.2. The fourth-order valence-corrected chi connectivity index (χ4v) is 6.45. The molecule has 0 saturated carbocycles. The lowest BCUT2D eigenvalue weighted by molar-refractivity contribution is -0.137. The number of aromatic nitrogens is 4. The fraction of sp³-hybridized carbons (Fsp3) is 0.270. The molecule has 0 aliphatic carbocycles. The topological polar surface area (TPSA) is 121 Å². The molecule has 2 heterocycles. The number of imidazole rings is 1. The van der Waals surface area contributed by atoms with Gasteiger partial charge < -0.3 is 15.1 Å². The largest absolute Gasteiger partial charge is 0.416 e. The highest BCUT2D eigenvalue weighted by molar-refractivity contribution is 14.1. The van der Waals surface area contributed by atoms with E-state index in [1.807, 2.05) is 43.4 Å². The first-order chi connectivity index (χ1) is 24.8.